The molecule has 4 heteroatoms. The lowest BCUT2D eigenvalue weighted by Crippen LogP contribution is -2.24. The Morgan fingerprint density at radius 2 is 2.15 bits per heavy atom. The summed E-state index contributed by atoms with van der Waals surface area (Å²) in [6.07, 6.45) is 3.74. The molecule has 0 spiro atoms. The van der Waals surface area contributed by atoms with Crippen LogP contribution in [0.4, 0.5) is 11.7 Å². The summed E-state index contributed by atoms with van der Waals surface area (Å²) in [5.74, 6) is 1.58. The Hall–Kier alpha value is -1.71. The molecule has 1 aliphatic heterocycles. The number of rotatable bonds is 2. The van der Waals surface area contributed by atoms with Gasteiger partial charge in [-0.3, -0.25) is 0 Å². The van der Waals surface area contributed by atoms with Gasteiger partial charge in [-0.15, -0.1) is 0 Å². The standard InChI is InChI=1S/C16H23N3O/c1-11(2)12-4-3-8-19(9-7-12)16-18-14-10-13(17)5-6-15(14)20-16/h5-6,10-12H,3-4,7-9,17H2,1-2H3. The molecule has 3 rings (SSSR count). The first-order chi connectivity index (χ1) is 9.63. The van der Waals surface area contributed by atoms with E-state index in [4.69, 9.17) is 10.2 Å². The van der Waals surface area contributed by atoms with E-state index in [9.17, 15) is 0 Å². The van der Waals surface area contributed by atoms with Gasteiger partial charge >= 0.3 is 0 Å². The van der Waals surface area contributed by atoms with Gasteiger partial charge in [-0.1, -0.05) is 13.8 Å². The molecule has 1 fully saturated rings. The molecule has 1 aliphatic rings. The summed E-state index contributed by atoms with van der Waals surface area (Å²) < 4.78 is 5.87. The first-order valence-corrected chi connectivity index (χ1v) is 7.54. The summed E-state index contributed by atoms with van der Waals surface area (Å²) in [4.78, 5) is 6.86. The molecule has 4 nitrogen and oxygen atoms in total. The molecule has 0 radical (unpaired) electrons. The maximum absolute atomic E-state index is 5.87. The third-order valence-corrected chi connectivity index (χ3v) is 4.39. The van der Waals surface area contributed by atoms with E-state index in [1.807, 2.05) is 18.2 Å². The van der Waals surface area contributed by atoms with Crippen LogP contribution in [0.1, 0.15) is 33.1 Å². The highest BCUT2D eigenvalue weighted by Gasteiger charge is 2.22. The largest absolute Gasteiger partial charge is 0.423 e. The lowest BCUT2D eigenvalue weighted by atomic mass is 9.89. The number of hydrogen-bond donors (Lipinski definition) is 1. The quantitative estimate of drug-likeness (QED) is 0.848. The van der Waals surface area contributed by atoms with Crippen LogP contribution >= 0.6 is 0 Å². The first-order valence-electron chi connectivity index (χ1n) is 7.54. The van der Waals surface area contributed by atoms with Crippen molar-refractivity contribution in [2.45, 2.75) is 33.1 Å². The number of nitrogen functional groups attached to an aromatic ring is 1. The molecule has 1 saturated heterocycles. The summed E-state index contributed by atoms with van der Waals surface area (Å²) >= 11 is 0. The number of aromatic nitrogens is 1. The Morgan fingerprint density at radius 3 is 2.95 bits per heavy atom. The molecule has 0 saturated carbocycles. The van der Waals surface area contributed by atoms with Gasteiger partial charge < -0.3 is 15.1 Å². The molecule has 0 aliphatic carbocycles. The topological polar surface area (TPSA) is 55.3 Å². The molecule has 2 aromatic rings. The zero-order chi connectivity index (χ0) is 14.1. The summed E-state index contributed by atoms with van der Waals surface area (Å²) in [7, 11) is 0. The Balaban J connectivity index is 1.80. The maximum atomic E-state index is 5.87. The highest BCUT2D eigenvalue weighted by molar-refractivity contribution is 5.78. The predicted molar refractivity (Wildman–Crippen MR) is 82.8 cm³/mol. The van der Waals surface area contributed by atoms with Crippen molar-refractivity contribution >= 4 is 22.8 Å². The number of nitrogens with two attached hydrogens (primary N) is 1. The molecule has 0 amide bonds. The van der Waals surface area contributed by atoms with Crippen molar-refractivity contribution in [1.82, 2.24) is 4.98 Å². The highest BCUT2D eigenvalue weighted by atomic mass is 16.4. The molecule has 108 valence electrons. The molecule has 1 unspecified atom stereocenters. The van der Waals surface area contributed by atoms with Crippen LogP contribution in [0.3, 0.4) is 0 Å². The minimum atomic E-state index is 0.730. The van der Waals surface area contributed by atoms with Crippen LogP contribution in [-0.2, 0) is 0 Å². The second-order valence-corrected chi connectivity index (χ2v) is 6.15. The number of anilines is 2. The molecule has 20 heavy (non-hydrogen) atoms. The van der Waals surface area contributed by atoms with Gasteiger partial charge in [0.25, 0.3) is 6.01 Å². The zero-order valence-electron chi connectivity index (χ0n) is 12.3. The molecule has 1 atom stereocenters. The van der Waals surface area contributed by atoms with Crippen molar-refractivity contribution in [3.63, 3.8) is 0 Å². The average Bonchev–Trinajstić information content (AvgIpc) is 2.67. The van der Waals surface area contributed by atoms with Crippen LogP contribution in [0, 0.1) is 11.8 Å². The smallest absolute Gasteiger partial charge is 0.298 e. The third kappa shape index (κ3) is 2.60. The van der Waals surface area contributed by atoms with Crippen LogP contribution in [-0.4, -0.2) is 18.1 Å². The van der Waals surface area contributed by atoms with E-state index in [0.29, 0.717) is 0 Å². The highest BCUT2D eigenvalue weighted by Crippen LogP contribution is 2.29. The van der Waals surface area contributed by atoms with E-state index in [1.165, 1.54) is 19.3 Å². The Kier molecular flexibility index (Phi) is 3.55. The van der Waals surface area contributed by atoms with Crippen LogP contribution in [0.2, 0.25) is 0 Å². The van der Waals surface area contributed by atoms with Crippen molar-refractivity contribution in [3.05, 3.63) is 18.2 Å². The fourth-order valence-corrected chi connectivity index (χ4v) is 3.05. The number of benzene rings is 1. The van der Waals surface area contributed by atoms with Crippen molar-refractivity contribution in [2.75, 3.05) is 23.7 Å². The van der Waals surface area contributed by atoms with Gasteiger partial charge in [0.2, 0.25) is 0 Å². The summed E-state index contributed by atoms with van der Waals surface area (Å²) in [6, 6.07) is 6.37. The van der Waals surface area contributed by atoms with Crippen LogP contribution < -0.4 is 10.6 Å². The minimum Gasteiger partial charge on any atom is -0.423 e. The average molecular weight is 273 g/mol. The first kappa shape index (κ1) is 13.3. The SMILES string of the molecule is CC(C)C1CCCN(c2nc3cc(N)ccc3o2)CC1. The van der Waals surface area contributed by atoms with E-state index >= 15 is 0 Å². The van der Waals surface area contributed by atoms with Gasteiger partial charge in [0, 0.05) is 18.8 Å². The van der Waals surface area contributed by atoms with Crippen molar-refractivity contribution in [3.8, 4) is 0 Å². The Labute approximate surface area is 120 Å². The fourth-order valence-electron chi connectivity index (χ4n) is 3.05. The molecule has 2 N–H and O–H groups in total. The summed E-state index contributed by atoms with van der Waals surface area (Å²) in [5, 5.41) is 0. The van der Waals surface area contributed by atoms with E-state index < -0.39 is 0 Å². The van der Waals surface area contributed by atoms with Crippen molar-refractivity contribution < 1.29 is 4.42 Å². The number of oxazole rings is 1. The Morgan fingerprint density at radius 1 is 1.30 bits per heavy atom. The van der Waals surface area contributed by atoms with E-state index in [-0.39, 0.29) is 0 Å². The summed E-state index contributed by atoms with van der Waals surface area (Å²) in [6.45, 7) is 6.71. The second-order valence-electron chi connectivity index (χ2n) is 6.15. The van der Waals surface area contributed by atoms with E-state index in [1.54, 1.807) is 0 Å². The van der Waals surface area contributed by atoms with Gasteiger partial charge in [0.1, 0.15) is 5.52 Å². The van der Waals surface area contributed by atoms with Gasteiger partial charge in [-0.25, -0.2) is 0 Å². The minimum absolute atomic E-state index is 0.730. The van der Waals surface area contributed by atoms with Gasteiger partial charge in [0.05, 0.1) is 0 Å². The van der Waals surface area contributed by atoms with E-state index in [2.05, 4.69) is 23.7 Å². The zero-order valence-corrected chi connectivity index (χ0v) is 12.3. The van der Waals surface area contributed by atoms with Gasteiger partial charge in [-0.2, -0.15) is 4.98 Å². The molecule has 1 aromatic heterocycles. The maximum Gasteiger partial charge on any atom is 0.298 e. The van der Waals surface area contributed by atoms with Crippen LogP contribution in [0.25, 0.3) is 11.1 Å². The number of nitrogens with zero attached hydrogens (tertiary/aromatic N) is 2. The predicted octanol–water partition coefficient (Wildman–Crippen LogP) is 3.67. The lowest BCUT2D eigenvalue weighted by Gasteiger charge is -2.19. The number of fused-ring (bicyclic) bond motifs is 1. The van der Waals surface area contributed by atoms with Gasteiger partial charge in [-0.05, 0) is 49.3 Å². The third-order valence-electron chi connectivity index (χ3n) is 4.39. The molecule has 2 heterocycles. The molecule has 1 aromatic carbocycles. The molecular formula is C16H23N3O. The monoisotopic (exact) mass is 273 g/mol. The molecular weight excluding hydrogens is 250 g/mol. The molecule has 0 bridgehead atoms. The second kappa shape index (κ2) is 5.35. The number of hydrogen-bond acceptors (Lipinski definition) is 4. The lowest BCUT2D eigenvalue weighted by molar-refractivity contribution is 0.351. The van der Waals surface area contributed by atoms with Crippen molar-refractivity contribution in [2.24, 2.45) is 11.8 Å². The van der Waals surface area contributed by atoms with Gasteiger partial charge in [0.15, 0.2) is 5.58 Å². The van der Waals surface area contributed by atoms with E-state index in [0.717, 1.165) is 47.7 Å². The normalized spacial score (nSPS) is 20.6. The van der Waals surface area contributed by atoms with Crippen molar-refractivity contribution in [1.29, 1.82) is 0 Å². The fraction of sp³-hybridized carbons (Fsp3) is 0.562. The Bertz CT molecular complexity index is 590. The van der Waals surface area contributed by atoms with Crippen LogP contribution in [0.15, 0.2) is 22.6 Å². The van der Waals surface area contributed by atoms with Crippen LogP contribution in [0.5, 0.6) is 0 Å². The summed E-state index contributed by atoms with van der Waals surface area (Å²) in [5.41, 5.74) is 8.19.